The molecule has 0 aliphatic carbocycles. The van der Waals surface area contributed by atoms with Crippen LogP contribution in [0.5, 0.6) is 0 Å². The van der Waals surface area contributed by atoms with E-state index in [2.05, 4.69) is 29.3 Å². The Kier molecular flexibility index (Phi) is 5.71. The molecule has 25 heavy (non-hydrogen) atoms. The number of amides is 1. The monoisotopic (exact) mass is 338 g/mol. The minimum Gasteiger partial charge on any atom is -0.388 e. The number of hydrogen-bond donors (Lipinski definition) is 2. The van der Waals surface area contributed by atoms with Gasteiger partial charge in [-0.15, -0.1) is 0 Å². The van der Waals surface area contributed by atoms with Crippen molar-refractivity contribution in [2.24, 2.45) is 5.92 Å². The normalized spacial score (nSPS) is 16.5. The Labute approximate surface area is 149 Å². The predicted octanol–water partition coefficient (Wildman–Crippen LogP) is 3.99. The molecule has 1 heterocycles. The fourth-order valence-corrected chi connectivity index (χ4v) is 3.20. The third-order valence-corrected chi connectivity index (χ3v) is 4.86. The Bertz CT molecular complexity index is 677. The van der Waals surface area contributed by atoms with Gasteiger partial charge in [0.2, 0.25) is 5.91 Å². The van der Waals surface area contributed by atoms with E-state index >= 15 is 0 Å². The van der Waals surface area contributed by atoms with E-state index in [0.717, 1.165) is 30.3 Å². The minimum absolute atomic E-state index is 0.0514. The largest absolute Gasteiger partial charge is 0.388 e. The third-order valence-electron chi connectivity index (χ3n) is 4.86. The minimum atomic E-state index is -0.782. The molecule has 0 spiro atoms. The van der Waals surface area contributed by atoms with Crippen molar-refractivity contribution in [2.45, 2.75) is 32.3 Å². The van der Waals surface area contributed by atoms with Gasteiger partial charge in [-0.3, -0.25) is 4.79 Å². The second-order valence-electron chi connectivity index (χ2n) is 6.90. The quantitative estimate of drug-likeness (QED) is 0.867. The molecule has 1 saturated heterocycles. The summed E-state index contributed by atoms with van der Waals surface area (Å²) >= 11 is 0. The van der Waals surface area contributed by atoms with Crippen molar-refractivity contribution < 1.29 is 9.90 Å². The lowest BCUT2D eigenvalue weighted by Crippen LogP contribution is -2.32. The molecule has 2 aromatic carbocycles. The summed E-state index contributed by atoms with van der Waals surface area (Å²) in [4.78, 5) is 14.5. The molecule has 0 radical (unpaired) electrons. The average molecular weight is 338 g/mol. The molecule has 3 rings (SSSR count). The molecule has 2 N–H and O–H groups in total. The fourth-order valence-electron chi connectivity index (χ4n) is 3.20. The van der Waals surface area contributed by atoms with Gasteiger partial charge < -0.3 is 15.3 Å². The number of nitrogens with zero attached hydrogens (tertiary/aromatic N) is 1. The number of piperidine rings is 1. The number of hydrogen-bond acceptors (Lipinski definition) is 3. The lowest BCUT2D eigenvalue weighted by atomic mass is 9.99. The maximum absolute atomic E-state index is 12.1. The zero-order valence-corrected chi connectivity index (χ0v) is 14.7. The van der Waals surface area contributed by atoms with Crippen molar-refractivity contribution in [3.8, 4) is 0 Å². The highest BCUT2D eigenvalue weighted by Crippen LogP contribution is 2.24. The van der Waals surface area contributed by atoms with Crippen LogP contribution in [0, 0.1) is 5.92 Å². The van der Waals surface area contributed by atoms with Crippen molar-refractivity contribution in [2.75, 3.05) is 23.3 Å². The zero-order valence-electron chi connectivity index (χ0n) is 14.7. The molecule has 1 fully saturated rings. The molecule has 2 aromatic rings. The molecule has 1 aliphatic heterocycles. The van der Waals surface area contributed by atoms with E-state index in [0.29, 0.717) is 0 Å². The van der Waals surface area contributed by atoms with Crippen LogP contribution in [0.4, 0.5) is 11.4 Å². The topological polar surface area (TPSA) is 52.6 Å². The number of carbonyl (C=O) groups is 1. The van der Waals surface area contributed by atoms with Crippen LogP contribution < -0.4 is 10.2 Å². The highest BCUT2D eigenvalue weighted by Gasteiger charge is 2.16. The van der Waals surface area contributed by atoms with Crippen molar-refractivity contribution in [1.29, 1.82) is 0 Å². The summed E-state index contributed by atoms with van der Waals surface area (Å²) in [6, 6.07) is 17.2. The molecular formula is C21H26N2O2. The lowest BCUT2D eigenvalue weighted by molar-refractivity contribution is -0.118. The summed E-state index contributed by atoms with van der Waals surface area (Å²) in [6.45, 7) is 4.49. The maximum Gasteiger partial charge on any atom is 0.227 e. The van der Waals surface area contributed by atoms with E-state index < -0.39 is 6.10 Å². The van der Waals surface area contributed by atoms with Gasteiger partial charge in [0.25, 0.3) is 0 Å². The van der Waals surface area contributed by atoms with E-state index in [-0.39, 0.29) is 12.3 Å². The van der Waals surface area contributed by atoms with Crippen LogP contribution in [-0.4, -0.2) is 24.1 Å². The zero-order chi connectivity index (χ0) is 17.6. The van der Waals surface area contributed by atoms with E-state index in [4.69, 9.17) is 0 Å². The van der Waals surface area contributed by atoms with Gasteiger partial charge in [0.05, 0.1) is 12.5 Å². The van der Waals surface area contributed by atoms with Gasteiger partial charge in [0, 0.05) is 24.5 Å². The Hall–Kier alpha value is -2.33. The van der Waals surface area contributed by atoms with Crippen LogP contribution in [0.3, 0.4) is 0 Å². The van der Waals surface area contributed by atoms with Gasteiger partial charge in [0.1, 0.15) is 0 Å². The summed E-state index contributed by atoms with van der Waals surface area (Å²) < 4.78 is 0. The van der Waals surface area contributed by atoms with Crippen LogP contribution >= 0.6 is 0 Å². The summed E-state index contributed by atoms with van der Waals surface area (Å²) in [5.41, 5.74) is 2.72. The van der Waals surface area contributed by atoms with Crippen LogP contribution in [-0.2, 0) is 4.79 Å². The van der Waals surface area contributed by atoms with Gasteiger partial charge in [0.15, 0.2) is 0 Å². The van der Waals surface area contributed by atoms with E-state index in [9.17, 15) is 9.90 Å². The standard InChI is InChI=1S/C21H26N2O2/c1-16-11-13-23(14-12-16)19-9-7-18(8-10-19)22-21(25)15-20(24)17-5-3-2-4-6-17/h2-10,16,20,24H,11-15H2,1H3,(H,22,25). The second-order valence-corrected chi connectivity index (χ2v) is 6.90. The summed E-state index contributed by atoms with van der Waals surface area (Å²) in [6.07, 6.45) is 1.73. The van der Waals surface area contributed by atoms with Crippen LogP contribution in [0.1, 0.15) is 37.9 Å². The van der Waals surface area contributed by atoms with Crippen molar-refractivity contribution in [3.05, 3.63) is 60.2 Å². The molecule has 132 valence electrons. The molecule has 4 nitrogen and oxygen atoms in total. The number of benzene rings is 2. The number of carbonyl (C=O) groups excluding carboxylic acids is 1. The van der Waals surface area contributed by atoms with E-state index in [1.165, 1.54) is 18.5 Å². The molecule has 1 atom stereocenters. The van der Waals surface area contributed by atoms with Crippen LogP contribution in [0.2, 0.25) is 0 Å². The van der Waals surface area contributed by atoms with Gasteiger partial charge in [-0.2, -0.15) is 0 Å². The van der Waals surface area contributed by atoms with E-state index in [1.807, 2.05) is 42.5 Å². The fraction of sp³-hybridized carbons (Fsp3) is 0.381. The molecule has 1 aliphatic rings. The maximum atomic E-state index is 12.1. The number of aliphatic hydroxyl groups excluding tert-OH is 1. The van der Waals surface area contributed by atoms with Gasteiger partial charge >= 0.3 is 0 Å². The summed E-state index contributed by atoms with van der Waals surface area (Å²) in [5, 5.41) is 13.0. The third kappa shape index (κ3) is 4.83. The molecule has 1 amide bonds. The SMILES string of the molecule is CC1CCN(c2ccc(NC(=O)CC(O)c3ccccc3)cc2)CC1. The Morgan fingerprint density at radius 2 is 1.76 bits per heavy atom. The first-order chi connectivity index (χ1) is 12.1. The molecule has 4 heteroatoms. The van der Waals surface area contributed by atoms with Gasteiger partial charge in [-0.1, -0.05) is 37.3 Å². The Morgan fingerprint density at radius 3 is 2.40 bits per heavy atom. The van der Waals surface area contributed by atoms with Crippen LogP contribution in [0.25, 0.3) is 0 Å². The van der Waals surface area contributed by atoms with Crippen molar-refractivity contribution in [3.63, 3.8) is 0 Å². The van der Waals surface area contributed by atoms with Crippen molar-refractivity contribution >= 4 is 17.3 Å². The van der Waals surface area contributed by atoms with Crippen LogP contribution in [0.15, 0.2) is 54.6 Å². The lowest BCUT2D eigenvalue weighted by Gasteiger charge is -2.32. The van der Waals surface area contributed by atoms with E-state index in [1.54, 1.807) is 0 Å². The number of nitrogens with one attached hydrogen (secondary N) is 1. The second kappa shape index (κ2) is 8.17. The Balaban J connectivity index is 1.53. The molecule has 0 saturated carbocycles. The molecule has 1 unspecified atom stereocenters. The number of anilines is 2. The number of rotatable bonds is 5. The molecule has 0 aromatic heterocycles. The highest BCUT2D eigenvalue weighted by molar-refractivity contribution is 5.91. The predicted molar refractivity (Wildman–Crippen MR) is 102 cm³/mol. The molecular weight excluding hydrogens is 312 g/mol. The first kappa shape index (κ1) is 17.5. The highest BCUT2D eigenvalue weighted by atomic mass is 16.3. The van der Waals surface area contributed by atoms with Crippen molar-refractivity contribution in [1.82, 2.24) is 0 Å². The first-order valence-electron chi connectivity index (χ1n) is 8.99. The van der Waals surface area contributed by atoms with Gasteiger partial charge in [-0.25, -0.2) is 0 Å². The Morgan fingerprint density at radius 1 is 1.12 bits per heavy atom. The average Bonchev–Trinajstić information content (AvgIpc) is 2.64. The summed E-state index contributed by atoms with van der Waals surface area (Å²) in [5.74, 6) is 0.627. The smallest absolute Gasteiger partial charge is 0.227 e. The first-order valence-corrected chi connectivity index (χ1v) is 8.99. The number of aliphatic hydroxyl groups is 1. The molecule has 0 bridgehead atoms. The van der Waals surface area contributed by atoms with Gasteiger partial charge in [-0.05, 0) is 48.6 Å². The summed E-state index contributed by atoms with van der Waals surface area (Å²) in [7, 11) is 0.